The fraction of sp³-hybridized carbons (Fsp3) is 1.00. The number of aliphatic hydroxyl groups is 2. The molecular formula is C27H44O4. The highest BCUT2D eigenvalue weighted by atomic mass is 16.7. The third kappa shape index (κ3) is 2.74. The van der Waals surface area contributed by atoms with E-state index in [-0.39, 0.29) is 23.4 Å². The van der Waals surface area contributed by atoms with Crippen LogP contribution < -0.4 is 0 Å². The van der Waals surface area contributed by atoms with Crippen LogP contribution in [0.2, 0.25) is 0 Å². The van der Waals surface area contributed by atoms with E-state index in [2.05, 4.69) is 27.7 Å². The number of hydrogen-bond donors (Lipinski definition) is 2. The first-order valence-electron chi connectivity index (χ1n) is 13.4. The highest BCUT2D eigenvalue weighted by Gasteiger charge is 2.69. The fourth-order valence-corrected chi connectivity index (χ4v) is 10.3. The highest BCUT2D eigenvalue weighted by molar-refractivity contribution is 5.16. The average molecular weight is 433 g/mol. The second-order valence-electron chi connectivity index (χ2n) is 13.2. The van der Waals surface area contributed by atoms with Crippen molar-refractivity contribution < 1.29 is 19.7 Å². The van der Waals surface area contributed by atoms with E-state index in [1.54, 1.807) is 0 Å². The van der Waals surface area contributed by atoms with Crippen molar-refractivity contribution in [2.24, 2.45) is 52.3 Å². The molecule has 0 aromatic heterocycles. The molecule has 2 saturated heterocycles. The molecule has 4 saturated carbocycles. The molecule has 13 atom stereocenters. The number of fused-ring (bicyclic) bond motifs is 7. The SMILES string of the molecule is C[C@H]1CC[C@@]2(OC1)O[C@H]1C[C@@H]3[C@H]4CC[C@H]5C[C@@H](O)C[C@@H](O)[C@]5(C)[C@@H]4CC[C@]3(C)[C@H]1[C@@H]2C. The van der Waals surface area contributed by atoms with Gasteiger partial charge in [-0.2, -0.15) is 0 Å². The van der Waals surface area contributed by atoms with Crippen LogP contribution in [0.5, 0.6) is 0 Å². The molecule has 2 aliphatic heterocycles. The molecule has 31 heavy (non-hydrogen) atoms. The lowest BCUT2D eigenvalue weighted by Gasteiger charge is -2.62. The van der Waals surface area contributed by atoms with Gasteiger partial charge in [-0.15, -0.1) is 0 Å². The predicted molar refractivity (Wildman–Crippen MR) is 119 cm³/mol. The Hall–Kier alpha value is -0.160. The monoisotopic (exact) mass is 432 g/mol. The third-order valence-corrected chi connectivity index (χ3v) is 12.0. The molecule has 6 rings (SSSR count). The molecule has 2 N–H and O–H groups in total. The Balaban J connectivity index is 1.27. The van der Waals surface area contributed by atoms with Gasteiger partial charge in [-0.3, -0.25) is 0 Å². The first-order chi connectivity index (χ1) is 14.7. The Labute approximate surface area is 188 Å². The summed E-state index contributed by atoms with van der Waals surface area (Å²) in [6, 6.07) is 0. The normalized spacial score (nSPS) is 63.3. The van der Waals surface area contributed by atoms with Crippen LogP contribution in [0.4, 0.5) is 0 Å². The molecule has 176 valence electrons. The second kappa shape index (κ2) is 6.93. The maximum Gasteiger partial charge on any atom is 0.171 e. The van der Waals surface area contributed by atoms with Gasteiger partial charge < -0.3 is 19.7 Å². The zero-order chi connectivity index (χ0) is 21.8. The van der Waals surface area contributed by atoms with E-state index < -0.39 is 0 Å². The molecule has 4 aliphatic carbocycles. The summed E-state index contributed by atoms with van der Waals surface area (Å²) in [4.78, 5) is 0. The Morgan fingerprint density at radius 3 is 2.42 bits per heavy atom. The molecule has 0 amide bonds. The van der Waals surface area contributed by atoms with Crippen molar-refractivity contribution in [2.75, 3.05) is 6.61 Å². The van der Waals surface area contributed by atoms with Crippen molar-refractivity contribution in [3.05, 3.63) is 0 Å². The lowest BCUT2D eigenvalue weighted by molar-refractivity contribution is -0.273. The van der Waals surface area contributed by atoms with Crippen molar-refractivity contribution in [3.8, 4) is 0 Å². The first-order valence-corrected chi connectivity index (χ1v) is 13.4. The number of rotatable bonds is 0. The van der Waals surface area contributed by atoms with Gasteiger partial charge in [-0.25, -0.2) is 0 Å². The Bertz CT molecular complexity index is 716. The zero-order valence-electron chi connectivity index (χ0n) is 20.1. The minimum atomic E-state index is -0.351. The van der Waals surface area contributed by atoms with Crippen molar-refractivity contribution >= 4 is 0 Å². The Kier molecular flexibility index (Phi) is 4.78. The molecule has 0 radical (unpaired) electrons. The Morgan fingerprint density at radius 2 is 1.68 bits per heavy atom. The average Bonchev–Trinajstić information content (AvgIpc) is 3.16. The lowest BCUT2D eigenvalue weighted by atomic mass is 9.43. The Morgan fingerprint density at radius 1 is 0.871 bits per heavy atom. The molecule has 2 heterocycles. The van der Waals surface area contributed by atoms with Gasteiger partial charge in [0.2, 0.25) is 0 Å². The minimum absolute atomic E-state index is 0.0164. The molecule has 4 nitrogen and oxygen atoms in total. The van der Waals surface area contributed by atoms with Crippen LogP contribution in [-0.2, 0) is 9.47 Å². The summed E-state index contributed by atoms with van der Waals surface area (Å²) < 4.78 is 13.3. The van der Waals surface area contributed by atoms with E-state index in [4.69, 9.17) is 9.47 Å². The van der Waals surface area contributed by atoms with Gasteiger partial charge in [0.15, 0.2) is 5.79 Å². The molecule has 1 spiro atoms. The molecule has 6 aliphatic rings. The van der Waals surface area contributed by atoms with E-state index in [0.717, 1.165) is 19.4 Å². The van der Waals surface area contributed by atoms with Gasteiger partial charge in [0.25, 0.3) is 0 Å². The van der Waals surface area contributed by atoms with Gasteiger partial charge >= 0.3 is 0 Å². The standard InChI is InChI=1S/C27H44O4/c1-15-7-10-27(30-14-15)16(2)24-22(31-27)13-21-19-6-5-17-11-18(28)12-23(29)26(17,4)20(19)8-9-25(21,24)3/h15-24,28-29H,5-14H2,1-4H3/t15-,16-,17-,18+,19-,20+,21+,22-,23+,24-,25-,26-,27+/m0/s1. The molecule has 6 fully saturated rings. The summed E-state index contributed by atoms with van der Waals surface area (Å²) in [5, 5.41) is 21.5. The van der Waals surface area contributed by atoms with Gasteiger partial charge in [0.1, 0.15) is 0 Å². The lowest BCUT2D eigenvalue weighted by Crippen LogP contribution is -2.59. The summed E-state index contributed by atoms with van der Waals surface area (Å²) in [6.07, 6.45) is 9.56. The van der Waals surface area contributed by atoms with Crippen molar-refractivity contribution in [2.45, 2.75) is 110 Å². The molecule has 0 aromatic carbocycles. The molecule has 0 unspecified atom stereocenters. The van der Waals surface area contributed by atoms with E-state index in [9.17, 15) is 10.2 Å². The highest BCUT2D eigenvalue weighted by Crippen LogP contribution is 2.71. The number of aliphatic hydroxyl groups excluding tert-OH is 2. The summed E-state index contributed by atoms with van der Waals surface area (Å²) in [7, 11) is 0. The summed E-state index contributed by atoms with van der Waals surface area (Å²) >= 11 is 0. The topological polar surface area (TPSA) is 58.9 Å². The maximum atomic E-state index is 11.2. The van der Waals surface area contributed by atoms with Crippen LogP contribution in [0.25, 0.3) is 0 Å². The van der Waals surface area contributed by atoms with Gasteiger partial charge in [0, 0.05) is 12.3 Å². The molecule has 4 heteroatoms. The number of hydrogen-bond acceptors (Lipinski definition) is 4. The van der Waals surface area contributed by atoms with Crippen LogP contribution >= 0.6 is 0 Å². The first kappa shape index (κ1) is 21.4. The van der Waals surface area contributed by atoms with Crippen LogP contribution in [0.1, 0.15) is 85.5 Å². The quantitative estimate of drug-likeness (QED) is 0.579. The van der Waals surface area contributed by atoms with Crippen molar-refractivity contribution in [3.63, 3.8) is 0 Å². The summed E-state index contributed by atoms with van der Waals surface area (Å²) in [5.41, 5.74) is 0.320. The smallest absolute Gasteiger partial charge is 0.171 e. The van der Waals surface area contributed by atoms with Crippen molar-refractivity contribution in [1.82, 2.24) is 0 Å². The van der Waals surface area contributed by atoms with Crippen LogP contribution in [0.3, 0.4) is 0 Å². The van der Waals surface area contributed by atoms with E-state index >= 15 is 0 Å². The van der Waals surface area contributed by atoms with Crippen LogP contribution in [0, 0.1) is 52.3 Å². The predicted octanol–water partition coefficient (Wildman–Crippen LogP) is 4.76. The molecule has 0 bridgehead atoms. The minimum Gasteiger partial charge on any atom is -0.393 e. The zero-order valence-corrected chi connectivity index (χ0v) is 20.1. The second-order valence-corrected chi connectivity index (χ2v) is 13.2. The van der Waals surface area contributed by atoms with Crippen molar-refractivity contribution in [1.29, 1.82) is 0 Å². The van der Waals surface area contributed by atoms with E-state index in [1.807, 2.05) is 0 Å². The molecular weight excluding hydrogens is 388 g/mol. The largest absolute Gasteiger partial charge is 0.393 e. The van der Waals surface area contributed by atoms with E-state index in [0.29, 0.717) is 59.4 Å². The van der Waals surface area contributed by atoms with Gasteiger partial charge in [0.05, 0.1) is 24.9 Å². The van der Waals surface area contributed by atoms with Gasteiger partial charge in [-0.05, 0) is 97.7 Å². The molecule has 0 aromatic rings. The van der Waals surface area contributed by atoms with Crippen LogP contribution in [-0.4, -0.2) is 40.9 Å². The third-order valence-electron chi connectivity index (χ3n) is 12.0. The number of ether oxygens (including phenoxy) is 2. The van der Waals surface area contributed by atoms with Gasteiger partial charge in [-0.1, -0.05) is 27.7 Å². The van der Waals surface area contributed by atoms with E-state index in [1.165, 1.54) is 38.5 Å². The summed E-state index contributed by atoms with van der Waals surface area (Å²) in [5.74, 6) is 3.89. The van der Waals surface area contributed by atoms with Crippen LogP contribution in [0.15, 0.2) is 0 Å². The fourth-order valence-electron chi connectivity index (χ4n) is 10.3. The maximum absolute atomic E-state index is 11.2. The summed E-state index contributed by atoms with van der Waals surface area (Å²) in [6.45, 7) is 10.5.